The first kappa shape index (κ1) is 18.6. The zero-order chi connectivity index (χ0) is 18.4. The van der Waals surface area contributed by atoms with E-state index in [2.05, 4.69) is 5.32 Å². The fourth-order valence-corrected chi connectivity index (χ4v) is 4.41. The molecule has 1 amide bonds. The van der Waals surface area contributed by atoms with Crippen LogP contribution in [0.25, 0.3) is 16.2 Å². The number of thiophene rings is 2. The molecule has 2 heterocycles. The summed E-state index contributed by atoms with van der Waals surface area (Å²) in [5, 5.41) is 6.29. The Labute approximate surface area is 164 Å². The van der Waals surface area contributed by atoms with E-state index in [0.29, 0.717) is 11.6 Å². The van der Waals surface area contributed by atoms with Gasteiger partial charge in [0.05, 0.1) is 5.02 Å². The van der Waals surface area contributed by atoms with Gasteiger partial charge in [-0.1, -0.05) is 35.9 Å². The van der Waals surface area contributed by atoms with Crippen molar-refractivity contribution >= 4 is 62.3 Å². The van der Waals surface area contributed by atoms with Crippen molar-refractivity contribution in [2.75, 3.05) is 13.2 Å². The van der Waals surface area contributed by atoms with Crippen molar-refractivity contribution in [3.8, 4) is 0 Å². The van der Waals surface area contributed by atoms with E-state index in [4.69, 9.17) is 16.3 Å². The molecule has 0 saturated carbocycles. The largest absolute Gasteiger partial charge is 0.452 e. The fourth-order valence-electron chi connectivity index (χ4n) is 2.30. The Morgan fingerprint density at radius 1 is 1.19 bits per heavy atom. The van der Waals surface area contributed by atoms with Crippen LogP contribution in [0.4, 0.5) is 0 Å². The molecule has 0 radical (unpaired) electrons. The molecular formula is C19H16ClNO3S2. The van der Waals surface area contributed by atoms with Crippen LogP contribution in [0.15, 0.2) is 47.9 Å². The maximum Gasteiger partial charge on any atom is 0.331 e. The monoisotopic (exact) mass is 405 g/mol. The average Bonchev–Trinajstić information content (AvgIpc) is 3.27. The Morgan fingerprint density at radius 3 is 2.81 bits per heavy atom. The van der Waals surface area contributed by atoms with Crippen molar-refractivity contribution in [3.63, 3.8) is 0 Å². The van der Waals surface area contributed by atoms with Crippen LogP contribution < -0.4 is 5.32 Å². The Hall–Kier alpha value is -2.15. The number of amides is 1. The summed E-state index contributed by atoms with van der Waals surface area (Å²) in [5.74, 6) is -0.893. The zero-order valence-electron chi connectivity index (χ0n) is 13.7. The zero-order valence-corrected chi connectivity index (χ0v) is 16.1. The number of esters is 1. The molecule has 0 unspecified atom stereocenters. The lowest BCUT2D eigenvalue weighted by atomic mass is 10.2. The van der Waals surface area contributed by atoms with Gasteiger partial charge in [-0.3, -0.25) is 4.79 Å². The van der Waals surface area contributed by atoms with Gasteiger partial charge in [-0.15, -0.1) is 22.7 Å². The van der Waals surface area contributed by atoms with Crippen LogP contribution in [-0.2, 0) is 20.7 Å². The van der Waals surface area contributed by atoms with Gasteiger partial charge in [-0.25, -0.2) is 4.79 Å². The molecular weight excluding hydrogens is 390 g/mol. The van der Waals surface area contributed by atoms with Gasteiger partial charge < -0.3 is 10.1 Å². The average molecular weight is 406 g/mol. The number of hydrogen-bond acceptors (Lipinski definition) is 5. The minimum absolute atomic E-state index is 0.298. The topological polar surface area (TPSA) is 55.4 Å². The quantitative estimate of drug-likeness (QED) is 0.464. The highest BCUT2D eigenvalue weighted by molar-refractivity contribution is 7.20. The minimum Gasteiger partial charge on any atom is -0.452 e. The van der Waals surface area contributed by atoms with Gasteiger partial charge in [0, 0.05) is 32.5 Å². The fraction of sp³-hybridized carbons (Fsp3) is 0.158. The summed E-state index contributed by atoms with van der Waals surface area (Å²) >= 11 is 9.45. The molecule has 3 aromatic rings. The maximum absolute atomic E-state index is 11.8. The maximum atomic E-state index is 11.8. The number of halogens is 1. The van der Waals surface area contributed by atoms with Crippen LogP contribution in [0, 0.1) is 0 Å². The van der Waals surface area contributed by atoms with Crippen LogP contribution in [0.3, 0.4) is 0 Å². The molecule has 3 rings (SSSR count). The first-order chi connectivity index (χ1) is 12.6. The van der Waals surface area contributed by atoms with E-state index in [1.807, 2.05) is 41.8 Å². The van der Waals surface area contributed by atoms with Crippen molar-refractivity contribution < 1.29 is 14.3 Å². The van der Waals surface area contributed by atoms with Crippen LogP contribution in [-0.4, -0.2) is 25.0 Å². The third kappa shape index (κ3) is 4.94. The molecule has 0 spiro atoms. The summed E-state index contributed by atoms with van der Waals surface area (Å²) in [6.07, 6.45) is 3.67. The molecule has 0 fully saturated rings. The van der Waals surface area contributed by atoms with E-state index in [1.165, 1.54) is 22.3 Å². The predicted molar refractivity (Wildman–Crippen MR) is 108 cm³/mol. The second-order valence-corrected chi connectivity index (χ2v) is 7.89. The Kier molecular flexibility index (Phi) is 6.44. The summed E-state index contributed by atoms with van der Waals surface area (Å²) in [6.45, 7) is 0.220. The lowest BCUT2D eigenvalue weighted by molar-refractivity contribution is -0.143. The lowest BCUT2D eigenvalue weighted by Gasteiger charge is -2.04. The van der Waals surface area contributed by atoms with Crippen molar-refractivity contribution in [3.05, 3.63) is 62.6 Å². The SMILES string of the molecule is O=C(COC(=O)/C=C/c1sc2ccccc2c1Cl)NCCc1cccs1. The Balaban J connectivity index is 1.45. The molecule has 7 heteroatoms. The number of carbonyl (C=O) groups excluding carboxylic acids is 2. The number of hydrogen-bond donors (Lipinski definition) is 1. The molecule has 1 aromatic carbocycles. The van der Waals surface area contributed by atoms with Crippen molar-refractivity contribution in [1.29, 1.82) is 0 Å². The van der Waals surface area contributed by atoms with Gasteiger partial charge >= 0.3 is 5.97 Å². The molecule has 0 saturated heterocycles. The second-order valence-electron chi connectivity index (χ2n) is 5.40. The molecule has 4 nitrogen and oxygen atoms in total. The predicted octanol–water partition coefficient (Wildman–Crippen LogP) is 4.53. The first-order valence-corrected chi connectivity index (χ1v) is 10.0. The number of nitrogens with one attached hydrogen (secondary N) is 1. The molecule has 134 valence electrons. The third-order valence-electron chi connectivity index (χ3n) is 3.55. The Morgan fingerprint density at radius 2 is 2.04 bits per heavy atom. The molecule has 0 aliphatic heterocycles. The number of fused-ring (bicyclic) bond motifs is 1. The van der Waals surface area contributed by atoms with E-state index in [9.17, 15) is 9.59 Å². The summed E-state index contributed by atoms with van der Waals surface area (Å²) in [4.78, 5) is 25.5. The number of carbonyl (C=O) groups is 2. The minimum atomic E-state index is -0.577. The van der Waals surface area contributed by atoms with Gasteiger partial charge in [-0.2, -0.15) is 0 Å². The summed E-state index contributed by atoms with van der Waals surface area (Å²) < 4.78 is 6.01. The molecule has 0 bridgehead atoms. The standard InChI is InChI=1S/C19H16ClNO3S2/c20-19-14-5-1-2-6-15(14)26-16(19)7-8-18(23)24-12-17(22)21-10-9-13-4-3-11-25-13/h1-8,11H,9-10,12H2,(H,21,22)/b8-7+. The number of ether oxygens (including phenoxy) is 1. The van der Waals surface area contributed by atoms with Gasteiger partial charge in [-0.05, 0) is 30.0 Å². The van der Waals surface area contributed by atoms with Gasteiger partial charge in [0.15, 0.2) is 6.61 Å². The highest BCUT2D eigenvalue weighted by atomic mass is 35.5. The summed E-state index contributed by atoms with van der Waals surface area (Å²) in [7, 11) is 0. The van der Waals surface area contributed by atoms with E-state index in [1.54, 1.807) is 17.4 Å². The van der Waals surface area contributed by atoms with E-state index in [0.717, 1.165) is 21.4 Å². The smallest absolute Gasteiger partial charge is 0.331 e. The third-order valence-corrected chi connectivity index (χ3v) is 6.14. The molecule has 0 aliphatic rings. The van der Waals surface area contributed by atoms with Crippen LogP contribution in [0.2, 0.25) is 5.02 Å². The van der Waals surface area contributed by atoms with E-state index >= 15 is 0 Å². The van der Waals surface area contributed by atoms with Crippen molar-refractivity contribution in [2.45, 2.75) is 6.42 Å². The van der Waals surface area contributed by atoms with E-state index in [-0.39, 0.29) is 12.5 Å². The summed E-state index contributed by atoms with van der Waals surface area (Å²) in [6, 6.07) is 11.7. The van der Waals surface area contributed by atoms with Crippen LogP contribution in [0.1, 0.15) is 9.75 Å². The molecule has 2 aromatic heterocycles. The van der Waals surface area contributed by atoms with Gasteiger partial charge in [0.1, 0.15) is 0 Å². The highest BCUT2D eigenvalue weighted by Gasteiger charge is 2.09. The normalized spacial score (nSPS) is 11.1. The lowest BCUT2D eigenvalue weighted by Crippen LogP contribution is -2.30. The molecule has 1 N–H and O–H groups in total. The Bertz CT molecular complexity index is 932. The first-order valence-electron chi connectivity index (χ1n) is 7.94. The summed E-state index contributed by atoms with van der Waals surface area (Å²) in [5.41, 5.74) is 0. The number of benzene rings is 1. The highest BCUT2D eigenvalue weighted by Crippen LogP contribution is 2.35. The molecule has 0 aliphatic carbocycles. The van der Waals surface area contributed by atoms with Crippen LogP contribution >= 0.6 is 34.3 Å². The number of rotatable bonds is 7. The van der Waals surface area contributed by atoms with Crippen molar-refractivity contribution in [2.24, 2.45) is 0 Å². The molecule has 0 atom stereocenters. The second kappa shape index (κ2) is 8.98. The van der Waals surface area contributed by atoms with Crippen LogP contribution in [0.5, 0.6) is 0 Å². The van der Waals surface area contributed by atoms with Crippen molar-refractivity contribution in [1.82, 2.24) is 5.32 Å². The van der Waals surface area contributed by atoms with Gasteiger partial charge in [0.25, 0.3) is 5.91 Å². The van der Waals surface area contributed by atoms with E-state index < -0.39 is 5.97 Å². The molecule has 26 heavy (non-hydrogen) atoms. The van der Waals surface area contributed by atoms with Gasteiger partial charge in [0.2, 0.25) is 0 Å².